The van der Waals surface area contributed by atoms with E-state index in [4.69, 9.17) is 9.47 Å². The lowest BCUT2D eigenvalue weighted by Gasteiger charge is -2.37. The van der Waals surface area contributed by atoms with Gasteiger partial charge in [-0.1, -0.05) is 48.5 Å². The maximum absolute atomic E-state index is 13.9. The van der Waals surface area contributed by atoms with Crippen molar-refractivity contribution in [3.63, 3.8) is 0 Å². The first-order valence-electron chi connectivity index (χ1n) is 12.5. The molecule has 1 aliphatic carbocycles. The highest BCUT2D eigenvalue weighted by molar-refractivity contribution is 6.10. The number of allylic oxidation sites excluding steroid dienone is 3. The second-order valence-electron chi connectivity index (χ2n) is 9.48. The van der Waals surface area contributed by atoms with Gasteiger partial charge in [-0.15, -0.1) is 0 Å². The number of hydrogen-bond acceptors (Lipinski definition) is 5. The highest BCUT2D eigenvalue weighted by atomic mass is 19.1. The third-order valence-electron chi connectivity index (χ3n) is 7.17. The summed E-state index contributed by atoms with van der Waals surface area (Å²) in [6.45, 7) is 1.82. The molecule has 194 valence electrons. The molecule has 2 N–H and O–H groups in total. The maximum Gasteiger partial charge on any atom is 0.254 e. The minimum absolute atomic E-state index is 0.0262. The van der Waals surface area contributed by atoms with Gasteiger partial charge in [0.25, 0.3) is 5.91 Å². The fourth-order valence-electron chi connectivity index (χ4n) is 5.52. The van der Waals surface area contributed by atoms with Crippen molar-refractivity contribution in [2.75, 3.05) is 19.5 Å². The lowest BCUT2D eigenvalue weighted by molar-refractivity contribution is -0.116. The lowest BCUT2D eigenvalue weighted by Crippen LogP contribution is -2.37. The van der Waals surface area contributed by atoms with Crippen LogP contribution in [0.15, 0.2) is 95.3 Å². The normalized spacial score (nSPS) is 19.0. The van der Waals surface area contributed by atoms with Crippen molar-refractivity contribution in [3.8, 4) is 11.5 Å². The number of hydrogen-bond donors (Lipinski definition) is 2. The number of carbonyl (C=O) groups excluding carboxylic acids is 2. The third kappa shape index (κ3) is 4.67. The second kappa shape index (κ2) is 10.5. The molecule has 2 aliphatic rings. The van der Waals surface area contributed by atoms with E-state index in [9.17, 15) is 14.0 Å². The van der Waals surface area contributed by atoms with Gasteiger partial charge >= 0.3 is 0 Å². The van der Waals surface area contributed by atoms with E-state index in [1.165, 1.54) is 25.3 Å². The number of halogens is 1. The zero-order chi connectivity index (χ0) is 26.8. The molecule has 5 rings (SSSR count). The average Bonchev–Trinajstić information content (AvgIpc) is 2.92. The predicted molar refractivity (Wildman–Crippen MR) is 144 cm³/mol. The molecule has 1 amide bonds. The third-order valence-corrected chi connectivity index (χ3v) is 7.17. The Balaban J connectivity index is 1.63. The van der Waals surface area contributed by atoms with Gasteiger partial charge in [-0.05, 0) is 49.1 Å². The number of amides is 1. The molecule has 0 fully saturated rings. The first kappa shape index (κ1) is 25.3. The molecule has 1 aliphatic heterocycles. The van der Waals surface area contributed by atoms with Gasteiger partial charge in [0.05, 0.1) is 20.1 Å². The van der Waals surface area contributed by atoms with Crippen molar-refractivity contribution < 1.29 is 23.5 Å². The monoisotopic (exact) mass is 512 g/mol. The molecule has 3 aromatic carbocycles. The fourth-order valence-corrected chi connectivity index (χ4v) is 5.52. The van der Waals surface area contributed by atoms with Crippen LogP contribution in [0.4, 0.5) is 10.1 Å². The average molecular weight is 513 g/mol. The Kier molecular flexibility index (Phi) is 7.01. The molecule has 6 nitrogen and oxygen atoms in total. The van der Waals surface area contributed by atoms with Crippen LogP contribution in [0.2, 0.25) is 0 Å². The van der Waals surface area contributed by atoms with Crippen molar-refractivity contribution in [1.29, 1.82) is 0 Å². The van der Waals surface area contributed by atoms with E-state index in [0.717, 1.165) is 11.3 Å². The van der Waals surface area contributed by atoms with E-state index in [1.54, 1.807) is 19.2 Å². The Hall–Kier alpha value is -4.39. The summed E-state index contributed by atoms with van der Waals surface area (Å²) in [5.74, 6) is -0.645. The Labute approximate surface area is 221 Å². The van der Waals surface area contributed by atoms with E-state index >= 15 is 0 Å². The molecule has 0 radical (unpaired) electrons. The van der Waals surface area contributed by atoms with Gasteiger partial charge in [0.15, 0.2) is 17.3 Å². The minimum atomic E-state index is -0.700. The number of benzene rings is 3. The van der Waals surface area contributed by atoms with Crippen LogP contribution in [-0.4, -0.2) is 25.9 Å². The fraction of sp³-hybridized carbons (Fsp3) is 0.226. The number of anilines is 1. The molecule has 0 spiro atoms. The van der Waals surface area contributed by atoms with E-state index in [2.05, 4.69) is 10.6 Å². The van der Waals surface area contributed by atoms with Gasteiger partial charge in [-0.25, -0.2) is 4.39 Å². The number of methoxy groups -OCH3 is 2. The predicted octanol–water partition coefficient (Wildman–Crippen LogP) is 5.84. The molecule has 0 saturated carbocycles. The first-order chi connectivity index (χ1) is 18.4. The van der Waals surface area contributed by atoms with E-state index in [-0.39, 0.29) is 11.7 Å². The van der Waals surface area contributed by atoms with Gasteiger partial charge in [-0.2, -0.15) is 0 Å². The van der Waals surface area contributed by atoms with Gasteiger partial charge < -0.3 is 20.1 Å². The Morgan fingerprint density at radius 3 is 2.45 bits per heavy atom. The maximum atomic E-state index is 13.9. The molecule has 0 bridgehead atoms. The molecule has 0 saturated heterocycles. The summed E-state index contributed by atoms with van der Waals surface area (Å²) in [6.07, 6.45) is 0.954. The Morgan fingerprint density at radius 2 is 1.74 bits per heavy atom. The number of nitrogens with one attached hydrogen (secondary N) is 2. The zero-order valence-corrected chi connectivity index (χ0v) is 21.5. The van der Waals surface area contributed by atoms with Crippen LogP contribution in [0.3, 0.4) is 0 Å². The molecule has 1 heterocycles. The van der Waals surface area contributed by atoms with Crippen molar-refractivity contribution in [1.82, 2.24) is 5.32 Å². The summed E-state index contributed by atoms with van der Waals surface area (Å²) in [5, 5.41) is 6.18. The van der Waals surface area contributed by atoms with Crippen LogP contribution in [0.1, 0.15) is 42.7 Å². The van der Waals surface area contributed by atoms with Crippen LogP contribution in [-0.2, 0) is 9.59 Å². The van der Waals surface area contributed by atoms with Crippen LogP contribution < -0.4 is 20.1 Å². The van der Waals surface area contributed by atoms with E-state index in [0.29, 0.717) is 52.4 Å². The molecule has 3 aromatic rings. The molecule has 7 heteroatoms. The summed E-state index contributed by atoms with van der Waals surface area (Å²) in [4.78, 5) is 27.6. The summed E-state index contributed by atoms with van der Waals surface area (Å²) in [5.41, 5.74) is 4.39. The van der Waals surface area contributed by atoms with Crippen LogP contribution in [0.25, 0.3) is 0 Å². The van der Waals surface area contributed by atoms with Gasteiger partial charge in [0, 0.05) is 40.2 Å². The SMILES string of the molecule is COc1cccc(C2C(C(=O)Nc3cccc(F)c3)=C(C)NC3=C2C(=O)CC(c2ccccc2)C3)c1OC. The number of rotatable bonds is 6. The largest absolute Gasteiger partial charge is 0.493 e. The van der Waals surface area contributed by atoms with Gasteiger partial charge in [-0.3, -0.25) is 9.59 Å². The number of para-hydroxylation sites is 1. The van der Waals surface area contributed by atoms with Crippen molar-refractivity contribution in [2.45, 2.75) is 31.6 Å². The number of dihydropyridines is 1. The zero-order valence-electron chi connectivity index (χ0n) is 21.5. The molecule has 38 heavy (non-hydrogen) atoms. The van der Waals surface area contributed by atoms with Crippen LogP contribution in [0, 0.1) is 5.82 Å². The molecule has 2 atom stereocenters. The second-order valence-corrected chi connectivity index (χ2v) is 9.48. The molecule has 2 unspecified atom stereocenters. The summed E-state index contributed by atoms with van der Waals surface area (Å²) in [6, 6.07) is 21.1. The molecular weight excluding hydrogens is 483 g/mol. The number of carbonyl (C=O) groups is 2. The Morgan fingerprint density at radius 1 is 0.974 bits per heavy atom. The smallest absolute Gasteiger partial charge is 0.254 e. The summed E-state index contributed by atoms with van der Waals surface area (Å²) < 4.78 is 25.1. The van der Waals surface area contributed by atoms with Crippen molar-refractivity contribution in [3.05, 3.63) is 112 Å². The van der Waals surface area contributed by atoms with Crippen molar-refractivity contribution in [2.24, 2.45) is 0 Å². The van der Waals surface area contributed by atoms with Crippen LogP contribution in [0.5, 0.6) is 11.5 Å². The van der Waals surface area contributed by atoms with Gasteiger partial charge in [0.1, 0.15) is 5.82 Å². The van der Waals surface area contributed by atoms with Gasteiger partial charge in [0.2, 0.25) is 0 Å². The van der Waals surface area contributed by atoms with Crippen LogP contribution >= 0.6 is 0 Å². The first-order valence-corrected chi connectivity index (χ1v) is 12.5. The Bertz CT molecular complexity index is 1460. The van der Waals surface area contributed by atoms with E-state index in [1.807, 2.05) is 49.4 Å². The number of ether oxygens (including phenoxy) is 2. The molecular formula is C31H29FN2O4. The minimum Gasteiger partial charge on any atom is -0.493 e. The highest BCUT2D eigenvalue weighted by Gasteiger charge is 2.42. The highest BCUT2D eigenvalue weighted by Crippen LogP contribution is 2.49. The van der Waals surface area contributed by atoms with E-state index < -0.39 is 17.6 Å². The topological polar surface area (TPSA) is 76.7 Å². The lowest BCUT2D eigenvalue weighted by atomic mass is 9.71. The number of Topliss-reactive ketones (excluding diaryl/α,β-unsaturated/α-hetero) is 1. The number of ketones is 1. The van der Waals surface area contributed by atoms with Crippen molar-refractivity contribution >= 4 is 17.4 Å². The quantitative estimate of drug-likeness (QED) is 0.434. The summed E-state index contributed by atoms with van der Waals surface area (Å²) >= 11 is 0. The summed E-state index contributed by atoms with van der Waals surface area (Å²) in [7, 11) is 3.08. The molecule has 0 aromatic heterocycles. The standard InChI is InChI=1S/C31H29FN2O4/c1-18-27(31(36)34-22-12-7-11-21(32)17-22)28(23-13-8-14-26(37-2)30(23)38-3)29-24(33-18)15-20(16-25(29)35)19-9-5-4-6-10-19/h4-14,17,20,28,33H,15-16H2,1-3H3,(H,34,36).